The molecule has 2 heterocycles. The summed E-state index contributed by atoms with van der Waals surface area (Å²) in [5.41, 5.74) is 2.74. The van der Waals surface area contributed by atoms with Gasteiger partial charge in [0.05, 0.1) is 37.9 Å². The number of carbonyl (C=O) groups excluding carboxylic acids is 3. The van der Waals surface area contributed by atoms with Crippen LogP contribution in [0.5, 0.6) is 11.5 Å². The molecule has 0 bridgehead atoms. The number of nitrogens with zero attached hydrogens (tertiary/aromatic N) is 2. The molecular formula is C35H40FN3O6. The molecule has 3 aromatic carbocycles. The molecule has 0 radical (unpaired) electrons. The molecule has 0 aliphatic carbocycles. The number of aryl methyl sites for hydroxylation is 1. The first kappa shape index (κ1) is 31.8. The molecule has 0 saturated carbocycles. The van der Waals surface area contributed by atoms with E-state index in [0.29, 0.717) is 46.8 Å². The molecule has 2 aliphatic rings. The number of nitrogens with one attached hydrogen (secondary N) is 1. The molecule has 1 saturated heterocycles. The molecule has 3 aromatic rings. The number of piperidine rings is 1. The fourth-order valence-corrected chi connectivity index (χ4v) is 6.19. The number of ether oxygens (including phenoxy) is 3. The summed E-state index contributed by atoms with van der Waals surface area (Å²) < 4.78 is 31.2. The number of halogens is 1. The van der Waals surface area contributed by atoms with E-state index in [4.69, 9.17) is 14.2 Å². The molecule has 5 rings (SSSR count). The van der Waals surface area contributed by atoms with Gasteiger partial charge < -0.3 is 29.3 Å². The third kappa shape index (κ3) is 6.74. The van der Waals surface area contributed by atoms with Crippen molar-refractivity contribution in [3.05, 3.63) is 83.2 Å². The number of alkyl carbamates (subject to hydrolysis) is 1. The van der Waals surface area contributed by atoms with Crippen LogP contribution in [-0.2, 0) is 14.3 Å². The van der Waals surface area contributed by atoms with Crippen molar-refractivity contribution in [1.29, 1.82) is 0 Å². The Labute approximate surface area is 263 Å². The summed E-state index contributed by atoms with van der Waals surface area (Å²) in [6, 6.07) is 16.1. The van der Waals surface area contributed by atoms with Crippen LogP contribution in [0, 0.1) is 18.7 Å². The van der Waals surface area contributed by atoms with E-state index in [1.165, 1.54) is 19.2 Å². The van der Waals surface area contributed by atoms with Crippen LogP contribution in [0.2, 0.25) is 0 Å². The van der Waals surface area contributed by atoms with E-state index in [1.54, 1.807) is 55.9 Å². The van der Waals surface area contributed by atoms with Gasteiger partial charge in [-0.15, -0.1) is 0 Å². The minimum atomic E-state index is -0.687. The summed E-state index contributed by atoms with van der Waals surface area (Å²) in [5, 5.41) is 2.89. The Hall–Kier alpha value is -4.60. The fourth-order valence-electron chi connectivity index (χ4n) is 6.19. The average Bonchev–Trinajstić information content (AvgIpc) is 2.99. The van der Waals surface area contributed by atoms with Gasteiger partial charge in [0.25, 0.3) is 0 Å². The van der Waals surface area contributed by atoms with Crippen LogP contribution in [0.4, 0.5) is 20.6 Å². The van der Waals surface area contributed by atoms with Crippen LogP contribution in [0.25, 0.3) is 0 Å². The van der Waals surface area contributed by atoms with Crippen molar-refractivity contribution in [3.63, 3.8) is 0 Å². The summed E-state index contributed by atoms with van der Waals surface area (Å²) >= 11 is 0. The van der Waals surface area contributed by atoms with Crippen molar-refractivity contribution in [2.45, 2.75) is 64.6 Å². The van der Waals surface area contributed by atoms with Crippen molar-refractivity contribution in [3.8, 4) is 11.5 Å². The van der Waals surface area contributed by atoms with Gasteiger partial charge in [0.1, 0.15) is 11.4 Å². The van der Waals surface area contributed by atoms with Gasteiger partial charge in [-0.3, -0.25) is 9.59 Å². The van der Waals surface area contributed by atoms with Crippen LogP contribution in [0.1, 0.15) is 68.8 Å². The highest BCUT2D eigenvalue weighted by Crippen LogP contribution is 2.45. The quantitative estimate of drug-likeness (QED) is 0.333. The maximum absolute atomic E-state index is 14.7. The zero-order valence-corrected chi connectivity index (χ0v) is 26.6. The summed E-state index contributed by atoms with van der Waals surface area (Å²) in [4.78, 5) is 44.2. The number of rotatable bonds is 6. The van der Waals surface area contributed by atoms with E-state index < -0.39 is 35.5 Å². The number of benzene rings is 3. The lowest BCUT2D eigenvalue weighted by Gasteiger charge is -2.44. The average molecular weight is 618 g/mol. The first-order chi connectivity index (χ1) is 21.4. The zero-order chi connectivity index (χ0) is 32.5. The lowest BCUT2D eigenvalue weighted by atomic mass is 9.82. The van der Waals surface area contributed by atoms with Gasteiger partial charge >= 0.3 is 6.09 Å². The second-order valence-electron chi connectivity index (χ2n) is 12.5. The van der Waals surface area contributed by atoms with Crippen LogP contribution >= 0.6 is 0 Å². The van der Waals surface area contributed by atoms with Crippen molar-refractivity contribution < 1.29 is 33.0 Å². The Morgan fingerprint density at radius 1 is 0.933 bits per heavy atom. The third-order valence-corrected chi connectivity index (χ3v) is 8.23. The Balaban J connectivity index is 1.55. The van der Waals surface area contributed by atoms with Crippen molar-refractivity contribution in [2.75, 3.05) is 30.6 Å². The highest BCUT2D eigenvalue weighted by molar-refractivity contribution is 6.02. The Kier molecular flexibility index (Phi) is 9.04. The van der Waals surface area contributed by atoms with Crippen LogP contribution in [0.3, 0.4) is 0 Å². The Morgan fingerprint density at radius 2 is 1.64 bits per heavy atom. The molecule has 3 amide bonds. The number of anilines is 2. The second-order valence-corrected chi connectivity index (χ2v) is 12.5. The van der Waals surface area contributed by atoms with Crippen LogP contribution in [0.15, 0.2) is 60.7 Å². The molecule has 0 spiro atoms. The zero-order valence-electron chi connectivity index (χ0n) is 26.6. The van der Waals surface area contributed by atoms with Crippen molar-refractivity contribution >= 4 is 29.3 Å². The van der Waals surface area contributed by atoms with Gasteiger partial charge in [0, 0.05) is 18.7 Å². The van der Waals surface area contributed by atoms with E-state index in [2.05, 4.69) is 5.32 Å². The summed E-state index contributed by atoms with van der Waals surface area (Å²) in [6.45, 7) is 7.55. The lowest BCUT2D eigenvalue weighted by molar-refractivity contribution is -0.127. The molecule has 1 N–H and O–H groups in total. The van der Waals surface area contributed by atoms with E-state index in [0.717, 1.165) is 5.56 Å². The first-order valence-corrected chi connectivity index (χ1v) is 15.1. The van der Waals surface area contributed by atoms with E-state index in [-0.39, 0.29) is 24.8 Å². The number of carbonyl (C=O) groups is 3. The SMILES string of the molecule is COc1ccc(C2C(C(=O)N3CCC(NC(=O)OC(C)(C)C)c4ccc(F)cc43)CCC(=O)N2c2ccc(C)cc2)cc1OC. The van der Waals surface area contributed by atoms with Gasteiger partial charge in [-0.05, 0) is 88.1 Å². The molecular weight excluding hydrogens is 577 g/mol. The molecule has 10 heteroatoms. The first-order valence-electron chi connectivity index (χ1n) is 15.1. The minimum Gasteiger partial charge on any atom is -0.493 e. The molecule has 45 heavy (non-hydrogen) atoms. The number of methoxy groups -OCH3 is 2. The molecule has 9 nitrogen and oxygen atoms in total. The maximum Gasteiger partial charge on any atom is 0.408 e. The molecule has 238 valence electrons. The molecule has 2 aliphatic heterocycles. The Bertz CT molecular complexity index is 1590. The van der Waals surface area contributed by atoms with E-state index in [1.807, 2.05) is 37.3 Å². The van der Waals surface area contributed by atoms with Crippen molar-refractivity contribution in [2.24, 2.45) is 5.92 Å². The number of hydrogen-bond acceptors (Lipinski definition) is 6. The summed E-state index contributed by atoms with van der Waals surface area (Å²) in [7, 11) is 3.08. The van der Waals surface area contributed by atoms with Crippen LogP contribution in [-0.4, -0.2) is 44.3 Å². The fraction of sp³-hybridized carbons (Fsp3) is 0.400. The summed E-state index contributed by atoms with van der Waals surface area (Å²) in [5.74, 6) is -0.493. The smallest absolute Gasteiger partial charge is 0.408 e. The number of hydrogen-bond donors (Lipinski definition) is 1. The molecule has 0 aromatic heterocycles. The highest BCUT2D eigenvalue weighted by atomic mass is 19.1. The normalized spacial score (nSPS) is 19.9. The lowest BCUT2D eigenvalue weighted by Crippen LogP contribution is -2.51. The van der Waals surface area contributed by atoms with Gasteiger partial charge in [0.15, 0.2) is 11.5 Å². The van der Waals surface area contributed by atoms with Crippen LogP contribution < -0.4 is 24.6 Å². The number of fused-ring (bicyclic) bond motifs is 1. The summed E-state index contributed by atoms with van der Waals surface area (Å²) in [6.07, 6.45) is 0.286. The van der Waals surface area contributed by atoms with Gasteiger partial charge in [-0.2, -0.15) is 0 Å². The van der Waals surface area contributed by atoms with E-state index >= 15 is 0 Å². The van der Waals surface area contributed by atoms with Gasteiger partial charge in [-0.1, -0.05) is 29.8 Å². The predicted molar refractivity (Wildman–Crippen MR) is 169 cm³/mol. The largest absolute Gasteiger partial charge is 0.493 e. The van der Waals surface area contributed by atoms with Gasteiger partial charge in [0.2, 0.25) is 11.8 Å². The Morgan fingerprint density at radius 3 is 2.31 bits per heavy atom. The molecule has 3 unspecified atom stereocenters. The monoisotopic (exact) mass is 617 g/mol. The highest BCUT2D eigenvalue weighted by Gasteiger charge is 2.45. The second kappa shape index (κ2) is 12.8. The minimum absolute atomic E-state index is 0.102. The maximum atomic E-state index is 14.7. The molecule has 3 atom stereocenters. The molecule has 1 fully saturated rings. The predicted octanol–water partition coefficient (Wildman–Crippen LogP) is 6.64. The standard InChI is InChI=1S/C35H40FN3O6/c1-21-7-11-24(12-8-21)39-31(40)16-14-26(32(39)22-9-15-29(43-5)30(19-22)44-6)33(41)38-18-17-27(37-34(42)45-35(2,3)4)25-13-10-23(36)20-28(25)38/h7-13,15,19-20,26-27,32H,14,16-18H2,1-6H3,(H,37,42). The number of amides is 3. The van der Waals surface area contributed by atoms with E-state index in [9.17, 15) is 18.8 Å². The topological polar surface area (TPSA) is 97.4 Å². The van der Waals surface area contributed by atoms with Gasteiger partial charge in [-0.25, -0.2) is 9.18 Å². The third-order valence-electron chi connectivity index (χ3n) is 8.23. The van der Waals surface area contributed by atoms with Crippen molar-refractivity contribution in [1.82, 2.24) is 5.32 Å².